The first kappa shape index (κ1) is 22.1. The molecule has 1 heterocycles. The number of imidazole rings is 1. The van der Waals surface area contributed by atoms with Crippen molar-refractivity contribution in [3.05, 3.63) is 96.3 Å². The number of carbonyl (C=O) groups excluding carboxylic acids is 1. The Morgan fingerprint density at radius 3 is 2.42 bits per heavy atom. The largest absolute Gasteiger partial charge is 0.490 e. The maximum atomic E-state index is 12.3. The molecule has 1 N–H and O–H groups in total. The number of nitrogens with one attached hydrogen (secondary N) is 1. The Morgan fingerprint density at radius 1 is 0.939 bits per heavy atom. The maximum Gasteiger partial charge on any atom is 0.244 e. The molecular formula is C27H27N3O3. The molecule has 0 aliphatic heterocycles. The van der Waals surface area contributed by atoms with Gasteiger partial charge in [0.25, 0.3) is 0 Å². The monoisotopic (exact) mass is 441 g/mol. The van der Waals surface area contributed by atoms with Gasteiger partial charge in [-0.2, -0.15) is 0 Å². The van der Waals surface area contributed by atoms with Gasteiger partial charge in [0.15, 0.2) is 11.5 Å². The highest BCUT2D eigenvalue weighted by Gasteiger charge is 2.12. The zero-order chi connectivity index (χ0) is 22.9. The van der Waals surface area contributed by atoms with Gasteiger partial charge < -0.3 is 19.4 Å². The van der Waals surface area contributed by atoms with Gasteiger partial charge in [0, 0.05) is 6.08 Å². The SMILES string of the molecule is CCOc1ccccc1OCCn1c(CNC(=O)/C=C\c2ccccc2)nc2ccccc21. The van der Waals surface area contributed by atoms with Gasteiger partial charge in [-0.3, -0.25) is 4.79 Å². The van der Waals surface area contributed by atoms with E-state index in [0.29, 0.717) is 32.1 Å². The third-order valence-corrected chi connectivity index (χ3v) is 5.10. The standard InChI is InChI=1S/C27H27N3O3/c1-2-32-24-14-8-9-15-25(24)33-19-18-30-23-13-7-6-12-22(23)29-26(30)20-28-27(31)17-16-21-10-4-3-5-11-21/h3-17H,2,18-20H2,1H3,(H,28,31)/b17-16-. The van der Waals surface area contributed by atoms with Crippen molar-refractivity contribution in [2.24, 2.45) is 0 Å². The Morgan fingerprint density at radius 2 is 1.64 bits per heavy atom. The van der Waals surface area contributed by atoms with Gasteiger partial charge >= 0.3 is 0 Å². The van der Waals surface area contributed by atoms with Crippen LogP contribution in [0.2, 0.25) is 0 Å². The zero-order valence-electron chi connectivity index (χ0n) is 18.6. The van der Waals surface area contributed by atoms with E-state index in [1.807, 2.05) is 85.8 Å². The minimum Gasteiger partial charge on any atom is -0.490 e. The van der Waals surface area contributed by atoms with Crippen molar-refractivity contribution < 1.29 is 14.3 Å². The highest BCUT2D eigenvalue weighted by atomic mass is 16.5. The van der Waals surface area contributed by atoms with Crippen molar-refractivity contribution in [1.82, 2.24) is 14.9 Å². The second-order valence-electron chi connectivity index (χ2n) is 7.36. The lowest BCUT2D eigenvalue weighted by atomic mass is 10.2. The van der Waals surface area contributed by atoms with E-state index in [0.717, 1.165) is 28.2 Å². The van der Waals surface area contributed by atoms with Crippen molar-refractivity contribution in [3.63, 3.8) is 0 Å². The third-order valence-electron chi connectivity index (χ3n) is 5.10. The number of ether oxygens (including phenoxy) is 2. The molecule has 168 valence electrons. The van der Waals surface area contributed by atoms with E-state index in [4.69, 9.17) is 14.5 Å². The van der Waals surface area contributed by atoms with E-state index in [1.165, 1.54) is 6.08 Å². The molecule has 0 aliphatic carbocycles. The van der Waals surface area contributed by atoms with E-state index in [2.05, 4.69) is 9.88 Å². The van der Waals surface area contributed by atoms with Gasteiger partial charge in [-0.1, -0.05) is 54.6 Å². The first-order valence-corrected chi connectivity index (χ1v) is 11.0. The summed E-state index contributed by atoms with van der Waals surface area (Å²) < 4.78 is 13.7. The highest BCUT2D eigenvalue weighted by molar-refractivity contribution is 5.91. The normalized spacial score (nSPS) is 11.1. The van der Waals surface area contributed by atoms with Gasteiger partial charge in [-0.15, -0.1) is 0 Å². The fourth-order valence-corrected chi connectivity index (χ4v) is 3.56. The van der Waals surface area contributed by atoms with Crippen LogP contribution in [0.15, 0.2) is 84.9 Å². The highest BCUT2D eigenvalue weighted by Crippen LogP contribution is 2.26. The lowest BCUT2D eigenvalue weighted by molar-refractivity contribution is -0.116. The quantitative estimate of drug-likeness (QED) is 0.358. The van der Waals surface area contributed by atoms with E-state index in [-0.39, 0.29) is 5.91 Å². The number of amides is 1. The molecule has 0 aliphatic rings. The van der Waals surface area contributed by atoms with Crippen LogP contribution in [0.3, 0.4) is 0 Å². The third kappa shape index (κ3) is 5.80. The Kier molecular flexibility index (Phi) is 7.38. The summed E-state index contributed by atoms with van der Waals surface area (Å²) in [5.74, 6) is 2.05. The van der Waals surface area contributed by atoms with Crippen LogP contribution in [0.5, 0.6) is 11.5 Å². The molecular weight excluding hydrogens is 414 g/mol. The van der Waals surface area contributed by atoms with Crippen LogP contribution in [0.4, 0.5) is 0 Å². The summed E-state index contributed by atoms with van der Waals surface area (Å²) >= 11 is 0. The van der Waals surface area contributed by atoms with Gasteiger partial charge in [0.05, 0.1) is 30.7 Å². The molecule has 0 fully saturated rings. The van der Waals surface area contributed by atoms with Crippen LogP contribution >= 0.6 is 0 Å². The summed E-state index contributed by atoms with van der Waals surface area (Å²) in [5.41, 5.74) is 2.86. The molecule has 3 aromatic carbocycles. The molecule has 33 heavy (non-hydrogen) atoms. The molecule has 4 aromatic rings. The smallest absolute Gasteiger partial charge is 0.244 e. The Labute approximate surface area is 193 Å². The van der Waals surface area contributed by atoms with Crippen LogP contribution in [0, 0.1) is 0 Å². The molecule has 0 saturated carbocycles. The summed E-state index contributed by atoms with van der Waals surface area (Å²) in [7, 11) is 0. The van der Waals surface area contributed by atoms with Crippen molar-refractivity contribution in [1.29, 1.82) is 0 Å². The molecule has 0 spiro atoms. The van der Waals surface area contributed by atoms with Crippen LogP contribution in [-0.4, -0.2) is 28.7 Å². The van der Waals surface area contributed by atoms with E-state index in [1.54, 1.807) is 6.08 Å². The van der Waals surface area contributed by atoms with Gasteiger partial charge in [0.1, 0.15) is 12.4 Å². The lowest BCUT2D eigenvalue weighted by Crippen LogP contribution is -2.23. The molecule has 0 bridgehead atoms. The number of nitrogens with zero attached hydrogens (tertiary/aromatic N) is 2. The number of hydrogen-bond donors (Lipinski definition) is 1. The molecule has 0 saturated heterocycles. The summed E-state index contributed by atoms with van der Waals surface area (Å²) in [6, 6.07) is 25.3. The predicted molar refractivity (Wildman–Crippen MR) is 130 cm³/mol. The Balaban J connectivity index is 1.43. The van der Waals surface area contributed by atoms with Crippen molar-refractivity contribution in [3.8, 4) is 11.5 Å². The summed E-state index contributed by atoms with van der Waals surface area (Å²) in [4.78, 5) is 17.1. The van der Waals surface area contributed by atoms with Crippen LogP contribution < -0.4 is 14.8 Å². The van der Waals surface area contributed by atoms with E-state index in [9.17, 15) is 4.79 Å². The van der Waals surface area contributed by atoms with Crippen molar-refractivity contribution in [2.75, 3.05) is 13.2 Å². The summed E-state index contributed by atoms with van der Waals surface area (Å²) in [6.07, 6.45) is 3.33. The molecule has 0 unspecified atom stereocenters. The number of benzene rings is 3. The van der Waals surface area contributed by atoms with Crippen molar-refractivity contribution in [2.45, 2.75) is 20.0 Å². The molecule has 0 radical (unpaired) electrons. The molecule has 1 amide bonds. The van der Waals surface area contributed by atoms with Crippen molar-refractivity contribution >= 4 is 23.0 Å². The first-order chi connectivity index (χ1) is 16.2. The number of rotatable bonds is 10. The Bertz CT molecular complexity index is 1230. The summed E-state index contributed by atoms with van der Waals surface area (Å²) in [5, 5.41) is 2.93. The number of fused-ring (bicyclic) bond motifs is 1. The molecule has 6 heteroatoms. The summed E-state index contributed by atoms with van der Waals surface area (Å²) in [6.45, 7) is 3.88. The Hall–Kier alpha value is -4.06. The molecule has 6 nitrogen and oxygen atoms in total. The molecule has 4 rings (SSSR count). The van der Waals surface area contributed by atoms with Crippen LogP contribution in [0.1, 0.15) is 18.3 Å². The van der Waals surface area contributed by atoms with E-state index >= 15 is 0 Å². The molecule has 0 atom stereocenters. The van der Waals surface area contributed by atoms with Crippen LogP contribution in [-0.2, 0) is 17.9 Å². The minimum absolute atomic E-state index is 0.167. The van der Waals surface area contributed by atoms with Gasteiger partial charge in [-0.25, -0.2) is 4.98 Å². The van der Waals surface area contributed by atoms with E-state index < -0.39 is 0 Å². The number of aromatic nitrogens is 2. The van der Waals surface area contributed by atoms with Crippen LogP contribution in [0.25, 0.3) is 17.1 Å². The maximum absolute atomic E-state index is 12.3. The predicted octanol–water partition coefficient (Wildman–Crippen LogP) is 4.84. The fourth-order valence-electron chi connectivity index (χ4n) is 3.56. The molecule has 1 aromatic heterocycles. The second-order valence-corrected chi connectivity index (χ2v) is 7.36. The topological polar surface area (TPSA) is 65.4 Å². The average Bonchev–Trinajstić information content (AvgIpc) is 3.21. The minimum atomic E-state index is -0.167. The zero-order valence-corrected chi connectivity index (χ0v) is 18.6. The van der Waals surface area contributed by atoms with Gasteiger partial charge in [0.2, 0.25) is 5.91 Å². The lowest BCUT2D eigenvalue weighted by Gasteiger charge is -2.13. The van der Waals surface area contributed by atoms with Gasteiger partial charge in [-0.05, 0) is 42.8 Å². The fraction of sp³-hybridized carbons (Fsp3) is 0.185. The second kappa shape index (κ2) is 11.0. The number of carbonyl (C=O) groups is 1. The number of para-hydroxylation sites is 4. The average molecular weight is 442 g/mol. The number of hydrogen-bond acceptors (Lipinski definition) is 4. The first-order valence-electron chi connectivity index (χ1n) is 11.0.